The highest BCUT2D eigenvalue weighted by Gasteiger charge is 2.09. The zero-order valence-corrected chi connectivity index (χ0v) is 12.3. The molecule has 0 aliphatic heterocycles. The molecule has 0 aliphatic carbocycles. The Kier molecular flexibility index (Phi) is 3.31. The second-order valence-electron chi connectivity index (χ2n) is 3.98. The van der Waals surface area contributed by atoms with Gasteiger partial charge in [-0.25, -0.2) is 9.97 Å². The fourth-order valence-corrected chi connectivity index (χ4v) is 2.88. The number of nitrogens with two attached hydrogens (primary N) is 1. The summed E-state index contributed by atoms with van der Waals surface area (Å²) in [4.78, 5) is 8.71. The van der Waals surface area contributed by atoms with Crippen LogP contribution in [0.1, 0.15) is 0 Å². The number of pyridine rings is 1. The number of hydrogen-bond donors (Lipinski definition) is 1. The average molecular weight is 332 g/mol. The summed E-state index contributed by atoms with van der Waals surface area (Å²) in [5, 5.41) is 2.92. The molecule has 2 aromatic heterocycles. The first-order valence-electron chi connectivity index (χ1n) is 5.66. The topological polar surface area (TPSA) is 51.8 Å². The standard InChI is InChI=1S/C14H10BrN3S/c15-10-5-3-9(4-6-10)12-8-19-14(18-12)11-2-1-7-17-13(11)16/h1-8H,(H2,16,17). The minimum atomic E-state index is 0.513. The van der Waals surface area contributed by atoms with Gasteiger partial charge in [-0.2, -0.15) is 0 Å². The van der Waals surface area contributed by atoms with Gasteiger partial charge in [-0.15, -0.1) is 11.3 Å². The number of thiazole rings is 1. The van der Waals surface area contributed by atoms with Crippen LogP contribution in [-0.2, 0) is 0 Å². The van der Waals surface area contributed by atoms with E-state index in [4.69, 9.17) is 5.73 Å². The predicted molar refractivity (Wildman–Crippen MR) is 82.9 cm³/mol. The van der Waals surface area contributed by atoms with Gasteiger partial charge >= 0.3 is 0 Å². The van der Waals surface area contributed by atoms with Crippen LogP contribution in [0.4, 0.5) is 5.82 Å². The van der Waals surface area contributed by atoms with Crippen LogP contribution >= 0.6 is 27.3 Å². The third-order valence-electron chi connectivity index (χ3n) is 2.71. The van der Waals surface area contributed by atoms with Crippen molar-refractivity contribution in [1.29, 1.82) is 0 Å². The summed E-state index contributed by atoms with van der Waals surface area (Å²) in [7, 11) is 0. The third kappa shape index (κ3) is 2.52. The first-order valence-corrected chi connectivity index (χ1v) is 7.33. The van der Waals surface area contributed by atoms with Crippen molar-refractivity contribution in [3.05, 3.63) is 52.4 Å². The lowest BCUT2D eigenvalue weighted by molar-refractivity contribution is 1.32. The van der Waals surface area contributed by atoms with Gasteiger partial charge in [0.1, 0.15) is 10.8 Å². The quantitative estimate of drug-likeness (QED) is 0.764. The van der Waals surface area contributed by atoms with Crippen LogP contribution in [0.2, 0.25) is 0 Å². The molecule has 0 spiro atoms. The summed E-state index contributed by atoms with van der Waals surface area (Å²) in [5.41, 5.74) is 8.80. The molecule has 3 nitrogen and oxygen atoms in total. The molecule has 2 N–H and O–H groups in total. The molecule has 0 atom stereocenters. The summed E-state index contributed by atoms with van der Waals surface area (Å²) < 4.78 is 1.06. The Labute approximate surface area is 123 Å². The number of halogens is 1. The maximum absolute atomic E-state index is 5.87. The number of benzene rings is 1. The maximum Gasteiger partial charge on any atom is 0.133 e. The highest BCUT2D eigenvalue weighted by Crippen LogP contribution is 2.31. The predicted octanol–water partition coefficient (Wildman–Crippen LogP) is 4.22. The van der Waals surface area contributed by atoms with Crippen molar-refractivity contribution in [2.24, 2.45) is 0 Å². The Balaban J connectivity index is 2.00. The highest BCUT2D eigenvalue weighted by atomic mass is 79.9. The number of nitrogen functional groups attached to an aromatic ring is 1. The first kappa shape index (κ1) is 12.3. The molecular formula is C14H10BrN3S. The molecule has 94 valence electrons. The van der Waals surface area contributed by atoms with Crippen molar-refractivity contribution < 1.29 is 0 Å². The fraction of sp³-hybridized carbons (Fsp3) is 0. The Morgan fingerprint density at radius 3 is 2.63 bits per heavy atom. The molecule has 19 heavy (non-hydrogen) atoms. The molecule has 0 fully saturated rings. The Bertz CT molecular complexity index is 707. The molecule has 3 rings (SSSR count). The summed E-state index contributed by atoms with van der Waals surface area (Å²) in [6.07, 6.45) is 1.68. The van der Waals surface area contributed by atoms with E-state index in [1.807, 2.05) is 41.8 Å². The molecule has 0 unspecified atom stereocenters. The smallest absolute Gasteiger partial charge is 0.133 e. The summed E-state index contributed by atoms with van der Waals surface area (Å²) in [6.45, 7) is 0. The largest absolute Gasteiger partial charge is 0.383 e. The van der Waals surface area contributed by atoms with Crippen molar-refractivity contribution in [2.75, 3.05) is 5.73 Å². The Morgan fingerprint density at radius 1 is 1.11 bits per heavy atom. The number of anilines is 1. The van der Waals surface area contributed by atoms with Crippen molar-refractivity contribution in [1.82, 2.24) is 9.97 Å². The van der Waals surface area contributed by atoms with Crippen molar-refractivity contribution in [3.63, 3.8) is 0 Å². The molecule has 0 aliphatic rings. The Morgan fingerprint density at radius 2 is 1.89 bits per heavy atom. The summed E-state index contributed by atoms with van der Waals surface area (Å²) in [6, 6.07) is 11.9. The van der Waals surface area contributed by atoms with Crippen molar-refractivity contribution in [3.8, 4) is 21.8 Å². The minimum absolute atomic E-state index is 0.513. The number of nitrogens with zero attached hydrogens (tertiary/aromatic N) is 2. The lowest BCUT2D eigenvalue weighted by atomic mass is 10.2. The molecule has 0 saturated heterocycles. The van der Waals surface area contributed by atoms with Crippen molar-refractivity contribution in [2.45, 2.75) is 0 Å². The van der Waals surface area contributed by atoms with Gasteiger partial charge in [0.05, 0.1) is 11.3 Å². The second kappa shape index (κ2) is 5.11. The average Bonchev–Trinajstić information content (AvgIpc) is 2.89. The molecule has 3 aromatic rings. The van der Waals surface area contributed by atoms with E-state index in [1.165, 1.54) is 0 Å². The molecule has 0 saturated carbocycles. The van der Waals surface area contributed by atoms with Crippen LogP contribution in [0.5, 0.6) is 0 Å². The van der Waals surface area contributed by atoms with Gasteiger partial charge in [0.15, 0.2) is 0 Å². The zero-order valence-electron chi connectivity index (χ0n) is 9.88. The van der Waals surface area contributed by atoms with Gasteiger partial charge < -0.3 is 5.73 Å². The van der Waals surface area contributed by atoms with E-state index in [-0.39, 0.29) is 0 Å². The van der Waals surface area contributed by atoms with Gasteiger partial charge in [-0.05, 0) is 24.3 Å². The lowest BCUT2D eigenvalue weighted by Gasteiger charge is -1.99. The number of hydrogen-bond acceptors (Lipinski definition) is 4. The van der Waals surface area contributed by atoms with Crippen molar-refractivity contribution >= 4 is 33.1 Å². The van der Waals surface area contributed by atoms with E-state index >= 15 is 0 Å². The van der Waals surface area contributed by atoms with Gasteiger partial charge in [-0.1, -0.05) is 28.1 Å². The van der Waals surface area contributed by atoms with Gasteiger partial charge in [0.2, 0.25) is 0 Å². The molecule has 1 aromatic carbocycles. The van der Waals surface area contributed by atoms with Gasteiger partial charge in [0, 0.05) is 21.6 Å². The first-order chi connectivity index (χ1) is 9.24. The van der Waals surface area contributed by atoms with Crippen LogP contribution in [-0.4, -0.2) is 9.97 Å². The van der Waals surface area contributed by atoms with E-state index < -0.39 is 0 Å². The van der Waals surface area contributed by atoms with E-state index in [1.54, 1.807) is 17.5 Å². The highest BCUT2D eigenvalue weighted by molar-refractivity contribution is 9.10. The van der Waals surface area contributed by atoms with E-state index in [2.05, 4.69) is 25.9 Å². The summed E-state index contributed by atoms with van der Waals surface area (Å²) >= 11 is 5.00. The molecule has 0 radical (unpaired) electrons. The van der Waals surface area contributed by atoms with Crippen LogP contribution in [0, 0.1) is 0 Å². The molecule has 5 heteroatoms. The normalized spacial score (nSPS) is 10.6. The monoisotopic (exact) mass is 331 g/mol. The lowest BCUT2D eigenvalue weighted by Crippen LogP contribution is -1.92. The number of rotatable bonds is 2. The summed E-state index contributed by atoms with van der Waals surface area (Å²) in [5.74, 6) is 0.513. The fourth-order valence-electron chi connectivity index (χ4n) is 1.75. The van der Waals surface area contributed by atoms with Crippen LogP contribution in [0.25, 0.3) is 21.8 Å². The third-order valence-corrected chi connectivity index (χ3v) is 4.12. The van der Waals surface area contributed by atoms with E-state index in [0.29, 0.717) is 5.82 Å². The molecule has 0 amide bonds. The van der Waals surface area contributed by atoms with Crippen LogP contribution in [0.15, 0.2) is 52.4 Å². The van der Waals surface area contributed by atoms with E-state index in [9.17, 15) is 0 Å². The maximum atomic E-state index is 5.87. The van der Waals surface area contributed by atoms with Gasteiger partial charge in [0.25, 0.3) is 0 Å². The molecular weight excluding hydrogens is 322 g/mol. The zero-order chi connectivity index (χ0) is 13.2. The Hall–Kier alpha value is -1.72. The minimum Gasteiger partial charge on any atom is -0.383 e. The van der Waals surface area contributed by atoms with Crippen LogP contribution in [0.3, 0.4) is 0 Å². The number of aromatic nitrogens is 2. The van der Waals surface area contributed by atoms with Gasteiger partial charge in [-0.3, -0.25) is 0 Å². The molecule has 2 heterocycles. The van der Waals surface area contributed by atoms with E-state index in [0.717, 1.165) is 26.3 Å². The molecule has 0 bridgehead atoms. The second-order valence-corrected chi connectivity index (χ2v) is 5.75. The van der Waals surface area contributed by atoms with Crippen LogP contribution < -0.4 is 5.73 Å². The SMILES string of the molecule is Nc1ncccc1-c1nc(-c2ccc(Br)cc2)cs1.